The van der Waals surface area contributed by atoms with Crippen molar-refractivity contribution in [3.05, 3.63) is 72.1 Å². The van der Waals surface area contributed by atoms with Gasteiger partial charge in [-0.2, -0.15) is 0 Å². The third kappa shape index (κ3) is 5.27. The van der Waals surface area contributed by atoms with E-state index in [0.717, 1.165) is 38.0 Å². The first-order valence-corrected chi connectivity index (χ1v) is 9.72. The lowest BCUT2D eigenvalue weighted by Crippen LogP contribution is -2.48. The van der Waals surface area contributed by atoms with Crippen LogP contribution in [-0.2, 0) is 16.1 Å². The van der Waals surface area contributed by atoms with Gasteiger partial charge in [0.2, 0.25) is 0 Å². The molecule has 0 saturated carbocycles. The molecule has 0 radical (unpaired) electrons. The molecule has 1 aliphatic rings. The number of hydrogen-bond acceptors (Lipinski definition) is 4. The molecule has 0 N–H and O–H groups in total. The van der Waals surface area contributed by atoms with E-state index in [2.05, 4.69) is 34.2 Å². The van der Waals surface area contributed by atoms with Crippen LogP contribution in [0.1, 0.15) is 37.3 Å². The molecule has 27 heavy (non-hydrogen) atoms. The first-order valence-electron chi connectivity index (χ1n) is 9.72. The molecule has 0 amide bonds. The fourth-order valence-electron chi connectivity index (χ4n) is 3.79. The van der Waals surface area contributed by atoms with Crippen LogP contribution in [0.5, 0.6) is 0 Å². The fourth-order valence-corrected chi connectivity index (χ4v) is 3.79. The van der Waals surface area contributed by atoms with Crippen LogP contribution in [0.25, 0.3) is 6.08 Å². The molecule has 1 aromatic carbocycles. The molecule has 3 rings (SSSR count). The molecule has 4 heteroatoms. The average Bonchev–Trinajstić information content (AvgIpc) is 2.70. The number of allylic oxidation sites excluding steroid dienone is 1. The number of ether oxygens (including phenoxy) is 1. The van der Waals surface area contributed by atoms with Crippen LogP contribution in [0.2, 0.25) is 0 Å². The molecule has 142 valence electrons. The van der Waals surface area contributed by atoms with E-state index >= 15 is 0 Å². The number of aromatic nitrogens is 1. The first kappa shape index (κ1) is 19.3. The van der Waals surface area contributed by atoms with Crippen molar-refractivity contribution in [3.8, 4) is 0 Å². The maximum Gasteiger partial charge on any atom is 0.313 e. The zero-order chi connectivity index (χ0) is 19.0. The number of carbonyl (C=O) groups is 1. The van der Waals surface area contributed by atoms with Gasteiger partial charge in [0.25, 0.3) is 0 Å². The summed E-state index contributed by atoms with van der Waals surface area (Å²) >= 11 is 0. The molecule has 1 fully saturated rings. The minimum Gasteiger partial charge on any atom is -0.466 e. The molecule has 1 saturated heterocycles. The highest BCUT2D eigenvalue weighted by atomic mass is 16.5. The summed E-state index contributed by atoms with van der Waals surface area (Å²) in [6, 6.07) is 14.3. The van der Waals surface area contributed by atoms with Gasteiger partial charge in [0.1, 0.15) is 0 Å². The Hall–Kier alpha value is -2.46. The van der Waals surface area contributed by atoms with Crippen molar-refractivity contribution >= 4 is 12.0 Å². The quantitative estimate of drug-likeness (QED) is 0.686. The first-order chi connectivity index (χ1) is 13.2. The highest BCUT2D eigenvalue weighted by Crippen LogP contribution is 2.36. The van der Waals surface area contributed by atoms with Crippen LogP contribution in [0.4, 0.5) is 0 Å². The Labute approximate surface area is 161 Å². The van der Waals surface area contributed by atoms with E-state index in [4.69, 9.17) is 4.74 Å². The molecular formula is C23H28N2O2. The van der Waals surface area contributed by atoms with Crippen molar-refractivity contribution in [2.45, 2.75) is 32.7 Å². The molecule has 0 aliphatic carbocycles. The van der Waals surface area contributed by atoms with Crippen LogP contribution in [0, 0.1) is 5.41 Å². The minimum absolute atomic E-state index is 0.0675. The van der Waals surface area contributed by atoms with Gasteiger partial charge in [0, 0.05) is 25.5 Å². The second-order valence-electron chi connectivity index (χ2n) is 7.19. The number of nitrogens with zero attached hydrogens (tertiary/aromatic N) is 2. The number of hydrogen-bond donors (Lipinski definition) is 0. The largest absolute Gasteiger partial charge is 0.466 e. The van der Waals surface area contributed by atoms with E-state index in [1.807, 2.05) is 49.6 Å². The number of rotatable bonds is 7. The zero-order valence-electron chi connectivity index (χ0n) is 16.0. The van der Waals surface area contributed by atoms with E-state index in [9.17, 15) is 4.79 Å². The summed E-state index contributed by atoms with van der Waals surface area (Å²) in [6.45, 7) is 4.88. The summed E-state index contributed by atoms with van der Waals surface area (Å²) in [5.41, 5.74) is 1.91. The number of esters is 1. The number of benzene rings is 1. The Morgan fingerprint density at radius 1 is 1.22 bits per heavy atom. The summed E-state index contributed by atoms with van der Waals surface area (Å²) in [5.74, 6) is -0.0675. The molecule has 1 atom stereocenters. The molecule has 1 aliphatic heterocycles. The van der Waals surface area contributed by atoms with Crippen molar-refractivity contribution in [2.75, 3.05) is 19.7 Å². The van der Waals surface area contributed by atoms with Crippen LogP contribution in [0.3, 0.4) is 0 Å². The Kier molecular flexibility index (Phi) is 6.77. The highest BCUT2D eigenvalue weighted by Gasteiger charge is 2.42. The monoisotopic (exact) mass is 364 g/mol. The van der Waals surface area contributed by atoms with E-state index in [0.29, 0.717) is 13.0 Å². The number of likely N-dealkylation sites (tertiary alicyclic amines) is 1. The Morgan fingerprint density at radius 2 is 2.00 bits per heavy atom. The smallest absolute Gasteiger partial charge is 0.313 e. The topological polar surface area (TPSA) is 42.4 Å². The minimum atomic E-state index is -0.466. The van der Waals surface area contributed by atoms with Gasteiger partial charge in [-0.15, -0.1) is 0 Å². The number of pyridine rings is 1. The van der Waals surface area contributed by atoms with E-state index in [1.54, 1.807) is 0 Å². The maximum atomic E-state index is 12.9. The summed E-state index contributed by atoms with van der Waals surface area (Å²) in [5, 5.41) is 0. The predicted octanol–water partition coefficient (Wildman–Crippen LogP) is 4.33. The lowest BCUT2D eigenvalue weighted by Gasteiger charge is -2.40. The third-order valence-electron chi connectivity index (χ3n) is 5.14. The van der Waals surface area contributed by atoms with Gasteiger partial charge < -0.3 is 4.74 Å². The molecular weight excluding hydrogens is 336 g/mol. The maximum absolute atomic E-state index is 12.9. The molecule has 2 aromatic rings. The normalized spacial score (nSPS) is 20.6. The van der Waals surface area contributed by atoms with Gasteiger partial charge in [-0.05, 0) is 56.0 Å². The Bertz CT molecular complexity index is 745. The summed E-state index contributed by atoms with van der Waals surface area (Å²) in [4.78, 5) is 19.3. The van der Waals surface area contributed by atoms with Crippen LogP contribution < -0.4 is 0 Å². The molecule has 1 aromatic heterocycles. The van der Waals surface area contributed by atoms with Gasteiger partial charge in [-0.25, -0.2) is 0 Å². The average molecular weight is 364 g/mol. The van der Waals surface area contributed by atoms with E-state index < -0.39 is 5.41 Å². The Balaban J connectivity index is 1.73. The van der Waals surface area contributed by atoms with Gasteiger partial charge >= 0.3 is 5.97 Å². The second-order valence-corrected chi connectivity index (χ2v) is 7.19. The van der Waals surface area contributed by atoms with Crippen LogP contribution in [0.15, 0.2) is 60.9 Å². The summed E-state index contributed by atoms with van der Waals surface area (Å²) in [7, 11) is 0. The molecule has 0 bridgehead atoms. The Morgan fingerprint density at radius 3 is 2.74 bits per heavy atom. The van der Waals surface area contributed by atoms with E-state index in [1.165, 1.54) is 5.56 Å². The number of carbonyl (C=O) groups excluding carboxylic acids is 1. The lowest BCUT2D eigenvalue weighted by molar-refractivity contribution is -0.159. The SMILES string of the molecule is CCOC(=O)C1(C/C=C/c2ccccc2)CCCN(Cc2ccncc2)C1. The molecule has 2 heterocycles. The van der Waals surface area contributed by atoms with Crippen molar-refractivity contribution in [1.29, 1.82) is 0 Å². The van der Waals surface area contributed by atoms with Gasteiger partial charge in [-0.1, -0.05) is 42.5 Å². The highest BCUT2D eigenvalue weighted by molar-refractivity contribution is 5.77. The van der Waals surface area contributed by atoms with Crippen molar-refractivity contribution in [1.82, 2.24) is 9.88 Å². The molecule has 4 nitrogen and oxygen atoms in total. The van der Waals surface area contributed by atoms with Crippen molar-refractivity contribution in [2.24, 2.45) is 5.41 Å². The van der Waals surface area contributed by atoms with Crippen LogP contribution in [-0.4, -0.2) is 35.5 Å². The summed E-state index contributed by atoms with van der Waals surface area (Å²) < 4.78 is 5.48. The van der Waals surface area contributed by atoms with Gasteiger partial charge in [-0.3, -0.25) is 14.7 Å². The second kappa shape index (κ2) is 9.47. The number of piperidine rings is 1. The standard InChI is InChI=1S/C23H28N2O2/c1-2-27-22(26)23(13-6-10-20-8-4-3-5-9-20)14-7-17-25(19-23)18-21-11-15-24-16-12-21/h3-6,8-12,15-16H,2,7,13-14,17-19H2,1H3/b10-6+. The predicted molar refractivity (Wildman–Crippen MR) is 108 cm³/mol. The zero-order valence-corrected chi connectivity index (χ0v) is 16.0. The molecule has 1 unspecified atom stereocenters. The van der Waals surface area contributed by atoms with Gasteiger partial charge in [0.05, 0.1) is 12.0 Å². The lowest BCUT2D eigenvalue weighted by atomic mass is 9.76. The summed E-state index contributed by atoms with van der Waals surface area (Å²) in [6.07, 6.45) is 10.4. The van der Waals surface area contributed by atoms with Gasteiger partial charge in [0.15, 0.2) is 0 Å². The molecule has 0 spiro atoms. The van der Waals surface area contributed by atoms with E-state index in [-0.39, 0.29) is 5.97 Å². The fraction of sp³-hybridized carbons (Fsp3) is 0.391. The van der Waals surface area contributed by atoms with Crippen molar-refractivity contribution < 1.29 is 9.53 Å². The van der Waals surface area contributed by atoms with Crippen molar-refractivity contribution in [3.63, 3.8) is 0 Å². The third-order valence-corrected chi connectivity index (χ3v) is 5.14. The van der Waals surface area contributed by atoms with Crippen LogP contribution >= 0.6 is 0 Å².